The van der Waals surface area contributed by atoms with Crippen molar-refractivity contribution in [1.29, 1.82) is 0 Å². The maximum Gasteiger partial charge on any atom is 0.241 e. The van der Waals surface area contributed by atoms with Gasteiger partial charge in [-0.05, 0) is 68.1 Å². The molecule has 1 atom stereocenters. The van der Waals surface area contributed by atoms with Gasteiger partial charge in [-0.1, -0.05) is 48.0 Å². The first kappa shape index (κ1) is 25.9. The number of carbonyl (C=O) groups is 1. The fourth-order valence-corrected chi connectivity index (χ4v) is 6.57. The van der Waals surface area contributed by atoms with E-state index in [0.717, 1.165) is 16.8 Å². The Morgan fingerprint density at radius 1 is 0.917 bits per heavy atom. The molecule has 0 aliphatic carbocycles. The topological polar surface area (TPSA) is 69.7 Å². The van der Waals surface area contributed by atoms with E-state index in [4.69, 9.17) is 0 Å². The summed E-state index contributed by atoms with van der Waals surface area (Å²) in [6, 6.07) is 18.5. The average Bonchev–Trinajstić information content (AvgIpc) is 2.83. The summed E-state index contributed by atoms with van der Waals surface area (Å²) in [6.07, 6.45) is 0.251. The molecule has 3 aromatic rings. The number of sulfonamides is 1. The van der Waals surface area contributed by atoms with Gasteiger partial charge in [0.1, 0.15) is 11.9 Å². The molecule has 4 rings (SSSR count). The molecule has 3 aromatic carbocycles. The standard InChI is InChI=1S/C28H32FN3O3S/c1-20-17-21(2)27(22(3)18-20)36(34,35)30-26(19-23-7-5-4-6-8-23)28(33)32-15-13-31(14-16-32)25-11-9-24(29)10-12-25/h4-12,17-18,26,30H,13-16,19H2,1-3H3/t26-/m0/s1. The van der Waals surface area contributed by atoms with Gasteiger partial charge >= 0.3 is 0 Å². The summed E-state index contributed by atoms with van der Waals surface area (Å²) in [5.74, 6) is -0.536. The van der Waals surface area contributed by atoms with Gasteiger partial charge in [0.15, 0.2) is 0 Å². The second-order valence-corrected chi connectivity index (χ2v) is 11.0. The van der Waals surface area contributed by atoms with Crippen molar-refractivity contribution in [2.45, 2.75) is 38.1 Å². The van der Waals surface area contributed by atoms with Crippen molar-refractivity contribution in [3.8, 4) is 0 Å². The van der Waals surface area contributed by atoms with E-state index in [0.29, 0.717) is 37.3 Å². The molecule has 1 N–H and O–H groups in total. The molecule has 1 saturated heterocycles. The van der Waals surface area contributed by atoms with Crippen molar-refractivity contribution in [1.82, 2.24) is 9.62 Å². The molecule has 36 heavy (non-hydrogen) atoms. The number of nitrogens with one attached hydrogen (secondary N) is 1. The maximum absolute atomic E-state index is 13.7. The Labute approximate surface area is 212 Å². The Hall–Kier alpha value is -3.23. The number of benzene rings is 3. The zero-order chi connectivity index (χ0) is 25.9. The van der Waals surface area contributed by atoms with E-state index in [9.17, 15) is 17.6 Å². The second kappa shape index (κ2) is 10.8. The van der Waals surface area contributed by atoms with E-state index in [1.807, 2.05) is 49.4 Å². The first-order valence-electron chi connectivity index (χ1n) is 12.1. The molecule has 0 radical (unpaired) electrons. The number of hydrogen-bond donors (Lipinski definition) is 1. The quantitative estimate of drug-likeness (QED) is 0.523. The normalized spacial score (nSPS) is 15.1. The SMILES string of the molecule is Cc1cc(C)c(S(=O)(=O)N[C@@H](Cc2ccccc2)C(=O)N2CCN(c3ccc(F)cc3)CC2)c(C)c1. The summed E-state index contributed by atoms with van der Waals surface area (Å²) in [7, 11) is -3.94. The number of amides is 1. The number of hydrogen-bond acceptors (Lipinski definition) is 4. The highest BCUT2D eigenvalue weighted by Crippen LogP contribution is 2.23. The number of aryl methyl sites for hydroxylation is 3. The molecule has 190 valence electrons. The summed E-state index contributed by atoms with van der Waals surface area (Å²) in [4.78, 5) is 17.7. The van der Waals surface area contributed by atoms with Crippen molar-refractivity contribution in [3.05, 3.63) is 94.8 Å². The van der Waals surface area contributed by atoms with Gasteiger partial charge in [0.25, 0.3) is 0 Å². The average molecular weight is 510 g/mol. The third-order valence-electron chi connectivity index (χ3n) is 6.53. The van der Waals surface area contributed by atoms with E-state index in [1.54, 1.807) is 30.9 Å². The fraction of sp³-hybridized carbons (Fsp3) is 0.321. The van der Waals surface area contributed by atoms with E-state index >= 15 is 0 Å². The number of piperazine rings is 1. The van der Waals surface area contributed by atoms with Crippen LogP contribution in [0.25, 0.3) is 0 Å². The van der Waals surface area contributed by atoms with Gasteiger partial charge in [-0.15, -0.1) is 0 Å². The van der Waals surface area contributed by atoms with Crippen LogP contribution in [-0.2, 0) is 21.2 Å². The number of carbonyl (C=O) groups excluding carboxylic acids is 1. The van der Waals surface area contributed by atoms with Crippen LogP contribution in [0.5, 0.6) is 0 Å². The fourth-order valence-electron chi connectivity index (χ4n) is 4.92. The molecule has 0 aromatic heterocycles. The minimum Gasteiger partial charge on any atom is -0.368 e. The van der Waals surface area contributed by atoms with Gasteiger partial charge in [-0.3, -0.25) is 4.79 Å². The Kier molecular flexibility index (Phi) is 7.76. The Balaban J connectivity index is 1.55. The van der Waals surface area contributed by atoms with Crippen molar-refractivity contribution < 1.29 is 17.6 Å². The van der Waals surface area contributed by atoms with Crippen molar-refractivity contribution >= 4 is 21.6 Å². The lowest BCUT2D eigenvalue weighted by molar-refractivity contribution is -0.133. The number of halogens is 1. The van der Waals surface area contributed by atoms with Crippen molar-refractivity contribution in [2.75, 3.05) is 31.1 Å². The third-order valence-corrected chi connectivity index (χ3v) is 8.31. The predicted molar refractivity (Wildman–Crippen MR) is 140 cm³/mol. The lowest BCUT2D eigenvalue weighted by Gasteiger charge is -2.37. The van der Waals surface area contributed by atoms with Crippen LogP contribution in [0, 0.1) is 26.6 Å². The van der Waals surface area contributed by atoms with Crippen LogP contribution in [0.2, 0.25) is 0 Å². The molecule has 1 heterocycles. The number of rotatable bonds is 7. The van der Waals surface area contributed by atoms with Crippen LogP contribution in [0.3, 0.4) is 0 Å². The van der Waals surface area contributed by atoms with Gasteiger partial charge in [0, 0.05) is 31.9 Å². The highest BCUT2D eigenvalue weighted by atomic mass is 32.2. The number of anilines is 1. The van der Waals surface area contributed by atoms with Crippen LogP contribution in [0.15, 0.2) is 71.6 Å². The first-order chi connectivity index (χ1) is 17.1. The molecule has 6 nitrogen and oxygen atoms in total. The summed E-state index contributed by atoms with van der Waals surface area (Å²) in [5, 5.41) is 0. The summed E-state index contributed by atoms with van der Waals surface area (Å²) in [6.45, 7) is 7.54. The minimum absolute atomic E-state index is 0.222. The van der Waals surface area contributed by atoms with Crippen LogP contribution in [0.1, 0.15) is 22.3 Å². The van der Waals surface area contributed by atoms with E-state index in [2.05, 4.69) is 9.62 Å². The molecule has 0 bridgehead atoms. The van der Waals surface area contributed by atoms with Crippen LogP contribution >= 0.6 is 0 Å². The lowest BCUT2D eigenvalue weighted by Crippen LogP contribution is -2.55. The molecule has 1 amide bonds. The van der Waals surface area contributed by atoms with Crippen LogP contribution in [0.4, 0.5) is 10.1 Å². The molecule has 1 aliphatic heterocycles. The van der Waals surface area contributed by atoms with Gasteiger partial charge in [-0.25, -0.2) is 12.8 Å². The van der Waals surface area contributed by atoms with Crippen molar-refractivity contribution in [3.63, 3.8) is 0 Å². The highest BCUT2D eigenvalue weighted by molar-refractivity contribution is 7.89. The van der Waals surface area contributed by atoms with Gasteiger partial charge in [0.2, 0.25) is 15.9 Å². The van der Waals surface area contributed by atoms with Crippen LogP contribution in [-0.4, -0.2) is 51.4 Å². The molecule has 1 aliphatic rings. The zero-order valence-corrected chi connectivity index (χ0v) is 21.7. The number of nitrogens with zero attached hydrogens (tertiary/aromatic N) is 2. The second-order valence-electron chi connectivity index (χ2n) is 9.38. The Morgan fingerprint density at radius 2 is 1.50 bits per heavy atom. The minimum atomic E-state index is -3.94. The molecule has 0 spiro atoms. The molecular formula is C28H32FN3O3S. The van der Waals surface area contributed by atoms with E-state index in [1.165, 1.54) is 12.1 Å². The van der Waals surface area contributed by atoms with E-state index < -0.39 is 16.1 Å². The molecule has 0 unspecified atom stereocenters. The van der Waals surface area contributed by atoms with Gasteiger partial charge in [0.05, 0.1) is 4.90 Å². The highest BCUT2D eigenvalue weighted by Gasteiger charge is 2.32. The summed E-state index contributed by atoms with van der Waals surface area (Å²) in [5.41, 5.74) is 4.06. The summed E-state index contributed by atoms with van der Waals surface area (Å²) >= 11 is 0. The molecular weight excluding hydrogens is 477 g/mol. The van der Waals surface area contributed by atoms with Crippen LogP contribution < -0.4 is 9.62 Å². The Morgan fingerprint density at radius 3 is 2.08 bits per heavy atom. The predicted octanol–water partition coefficient (Wildman–Crippen LogP) is 3.99. The van der Waals surface area contributed by atoms with Gasteiger partial charge in [-0.2, -0.15) is 4.72 Å². The summed E-state index contributed by atoms with van der Waals surface area (Å²) < 4.78 is 43.1. The lowest BCUT2D eigenvalue weighted by atomic mass is 10.1. The monoisotopic (exact) mass is 509 g/mol. The van der Waals surface area contributed by atoms with Crippen molar-refractivity contribution in [2.24, 2.45) is 0 Å². The molecule has 0 saturated carbocycles. The molecule has 8 heteroatoms. The first-order valence-corrected chi connectivity index (χ1v) is 13.6. The third kappa shape index (κ3) is 5.94. The largest absolute Gasteiger partial charge is 0.368 e. The van der Waals surface area contributed by atoms with E-state index in [-0.39, 0.29) is 23.0 Å². The molecule has 1 fully saturated rings. The van der Waals surface area contributed by atoms with Gasteiger partial charge < -0.3 is 9.80 Å². The Bertz CT molecular complexity index is 1300. The maximum atomic E-state index is 13.7. The smallest absolute Gasteiger partial charge is 0.241 e. The zero-order valence-electron chi connectivity index (χ0n) is 20.9.